The maximum atomic E-state index is 6.14. The van der Waals surface area contributed by atoms with Gasteiger partial charge in [0.25, 0.3) is 0 Å². The second kappa shape index (κ2) is 6.46. The molecule has 0 radical (unpaired) electrons. The standard InChI is InChI=1S/C17H17ClN2S/c18-14-9-3-4-10-16(14)20-17(21)19-15-11-5-7-12-6-1-2-8-13(12)15/h1-4,6,8-10,15H,5,7,11H2,(H2,19,20,21)/t15-/m0/s1. The van der Waals surface area contributed by atoms with Crippen molar-refractivity contribution in [2.45, 2.75) is 25.3 Å². The van der Waals surface area contributed by atoms with Gasteiger partial charge in [0.05, 0.1) is 16.8 Å². The quantitative estimate of drug-likeness (QED) is 0.785. The first-order valence-corrected chi connectivity index (χ1v) is 7.92. The highest BCUT2D eigenvalue weighted by molar-refractivity contribution is 7.80. The van der Waals surface area contributed by atoms with E-state index in [0.717, 1.165) is 18.5 Å². The lowest BCUT2D eigenvalue weighted by Gasteiger charge is -2.27. The Morgan fingerprint density at radius 3 is 2.71 bits per heavy atom. The largest absolute Gasteiger partial charge is 0.356 e. The van der Waals surface area contributed by atoms with E-state index in [0.29, 0.717) is 10.1 Å². The predicted molar refractivity (Wildman–Crippen MR) is 92.9 cm³/mol. The minimum absolute atomic E-state index is 0.275. The molecule has 2 N–H and O–H groups in total. The SMILES string of the molecule is S=C(Nc1ccccc1Cl)N[C@H]1CCCc2ccccc21. The highest BCUT2D eigenvalue weighted by Gasteiger charge is 2.20. The van der Waals surface area contributed by atoms with Crippen molar-refractivity contribution in [2.24, 2.45) is 0 Å². The number of halogens is 1. The van der Waals surface area contributed by atoms with Gasteiger partial charge in [-0.2, -0.15) is 0 Å². The van der Waals surface area contributed by atoms with Gasteiger partial charge in [-0.1, -0.05) is 48.0 Å². The molecule has 0 amide bonds. The molecule has 0 unspecified atom stereocenters. The maximum Gasteiger partial charge on any atom is 0.171 e. The molecule has 1 aliphatic carbocycles. The van der Waals surface area contributed by atoms with E-state index in [1.807, 2.05) is 24.3 Å². The Morgan fingerprint density at radius 1 is 1.10 bits per heavy atom. The Morgan fingerprint density at radius 2 is 1.86 bits per heavy atom. The van der Waals surface area contributed by atoms with Crippen LogP contribution in [-0.4, -0.2) is 5.11 Å². The molecule has 0 bridgehead atoms. The number of para-hydroxylation sites is 1. The highest BCUT2D eigenvalue weighted by atomic mass is 35.5. The number of nitrogens with one attached hydrogen (secondary N) is 2. The van der Waals surface area contributed by atoms with E-state index >= 15 is 0 Å². The van der Waals surface area contributed by atoms with Gasteiger partial charge < -0.3 is 10.6 Å². The number of rotatable bonds is 2. The number of hydrogen-bond acceptors (Lipinski definition) is 1. The molecular formula is C17H17ClN2S. The Bertz CT molecular complexity index is 657. The molecule has 2 aromatic rings. The molecule has 21 heavy (non-hydrogen) atoms. The van der Waals surface area contributed by atoms with E-state index < -0.39 is 0 Å². The van der Waals surface area contributed by atoms with Gasteiger partial charge in [-0.25, -0.2) is 0 Å². The Labute approximate surface area is 135 Å². The van der Waals surface area contributed by atoms with Crippen LogP contribution < -0.4 is 10.6 Å². The van der Waals surface area contributed by atoms with Crippen molar-refractivity contribution in [3.05, 3.63) is 64.7 Å². The summed E-state index contributed by atoms with van der Waals surface area (Å²) >= 11 is 11.6. The lowest BCUT2D eigenvalue weighted by Crippen LogP contribution is -2.34. The van der Waals surface area contributed by atoms with Crippen LogP contribution in [0.1, 0.15) is 30.0 Å². The van der Waals surface area contributed by atoms with E-state index in [2.05, 4.69) is 34.9 Å². The fraction of sp³-hybridized carbons (Fsp3) is 0.235. The van der Waals surface area contributed by atoms with Crippen LogP contribution in [0.5, 0.6) is 0 Å². The molecule has 2 nitrogen and oxygen atoms in total. The lowest BCUT2D eigenvalue weighted by molar-refractivity contribution is 0.529. The van der Waals surface area contributed by atoms with Crippen LogP contribution in [-0.2, 0) is 6.42 Å². The van der Waals surface area contributed by atoms with E-state index in [9.17, 15) is 0 Å². The Kier molecular flexibility index (Phi) is 4.42. The summed E-state index contributed by atoms with van der Waals surface area (Å²) < 4.78 is 0. The second-order valence-electron chi connectivity index (χ2n) is 5.22. The summed E-state index contributed by atoms with van der Waals surface area (Å²) in [6.07, 6.45) is 3.43. The summed E-state index contributed by atoms with van der Waals surface area (Å²) in [5.41, 5.74) is 3.61. The molecule has 0 aliphatic heterocycles. The first-order valence-electron chi connectivity index (χ1n) is 7.14. The van der Waals surface area contributed by atoms with Crippen LogP contribution in [0.2, 0.25) is 5.02 Å². The van der Waals surface area contributed by atoms with Crippen LogP contribution in [0.4, 0.5) is 5.69 Å². The molecule has 0 fully saturated rings. The third-order valence-electron chi connectivity index (χ3n) is 3.80. The van der Waals surface area contributed by atoms with E-state index in [1.165, 1.54) is 17.5 Å². The van der Waals surface area contributed by atoms with Gasteiger partial charge in [-0.15, -0.1) is 0 Å². The van der Waals surface area contributed by atoms with E-state index in [1.54, 1.807) is 0 Å². The minimum atomic E-state index is 0.275. The molecule has 1 aliphatic rings. The number of aryl methyl sites for hydroxylation is 1. The maximum absolute atomic E-state index is 6.14. The fourth-order valence-electron chi connectivity index (χ4n) is 2.78. The summed E-state index contributed by atoms with van der Waals surface area (Å²) in [6.45, 7) is 0. The van der Waals surface area contributed by atoms with Crippen molar-refractivity contribution in [1.82, 2.24) is 5.32 Å². The van der Waals surface area contributed by atoms with Crippen LogP contribution in [0, 0.1) is 0 Å². The van der Waals surface area contributed by atoms with Crippen LogP contribution >= 0.6 is 23.8 Å². The topological polar surface area (TPSA) is 24.1 Å². The third kappa shape index (κ3) is 3.36. The van der Waals surface area contributed by atoms with Crippen molar-refractivity contribution in [3.8, 4) is 0 Å². The number of benzene rings is 2. The summed E-state index contributed by atoms with van der Waals surface area (Å²) in [7, 11) is 0. The van der Waals surface area contributed by atoms with Gasteiger partial charge in [0.1, 0.15) is 0 Å². The molecule has 1 atom stereocenters. The first kappa shape index (κ1) is 14.4. The lowest BCUT2D eigenvalue weighted by atomic mass is 9.88. The minimum Gasteiger partial charge on any atom is -0.356 e. The van der Waals surface area contributed by atoms with Crippen molar-refractivity contribution in [3.63, 3.8) is 0 Å². The number of thiocarbonyl (C=S) groups is 1. The smallest absolute Gasteiger partial charge is 0.171 e. The number of anilines is 1. The molecule has 4 heteroatoms. The summed E-state index contributed by atoms with van der Waals surface area (Å²) in [5.74, 6) is 0. The van der Waals surface area contributed by atoms with Gasteiger partial charge in [0, 0.05) is 0 Å². The first-order chi connectivity index (χ1) is 10.2. The van der Waals surface area contributed by atoms with Gasteiger partial charge in [-0.05, 0) is 54.7 Å². The molecule has 2 aromatic carbocycles. The van der Waals surface area contributed by atoms with Crippen molar-refractivity contribution < 1.29 is 0 Å². The molecule has 0 saturated heterocycles. The van der Waals surface area contributed by atoms with Gasteiger partial charge >= 0.3 is 0 Å². The monoisotopic (exact) mass is 316 g/mol. The fourth-order valence-corrected chi connectivity index (χ4v) is 3.22. The Hall–Kier alpha value is -1.58. The Balaban J connectivity index is 1.70. The van der Waals surface area contributed by atoms with E-state index in [-0.39, 0.29) is 6.04 Å². The number of hydrogen-bond donors (Lipinski definition) is 2. The highest BCUT2D eigenvalue weighted by Crippen LogP contribution is 2.29. The predicted octanol–water partition coefficient (Wildman–Crippen LogP) is 4.70. The molecule has 0 saturated carbocycles. The summed E-state index contributed by atoms with van der Waals surface area (Å²) in [5, 5.41) is 7.88. The summed E-state index contributed by atoms with van der Waals surface area (Å²) in [4.78, 5) is 0. The molecule has 3 rings (SSSR count). The molecule has 0 heterocycles. The van der Waals surface area contributed by atoms with Gasteiger partial charge in [-0.3, -0.25) is 0 Å². The second-order valence-corrected chi connectivity index (χ2v) is 6.04. The van der Waals surface area contributed by atoms with Crippen LogP contribution in [0.15, 0.2) is 48.5 Å². The molecule has 0 spiro atoms. The van der Waals surface area contributed by atoms with Crippen molar-refractivity contribution >= 4 is 34.6 Å². The van der Waals surface area contributed by atoms with Crippen molar-refractivity contribution in [1.29, 1.82) is 0 Å². The average Bonchev–Trinajstić information content (AvgIpc) is 2.50. The van der Waals surface area contributed by atoms with E-state index in [4.69, 9.17) is 23.8 Å². The third-order valence-corrected chi connectivity index (χ3v) is 4.35. The zero-order chi connectivity index (χ0) is 14.7. The van der Waals surface area contributed by atoms with Gasteiger partial charge in [0.2, 0.25) is 0 Å². The van der Waals surface area contributed by atoms with Gasteiger partial charge in [0.15, 0.2) is 5.11 Å². The van der Waals surface area contributed by atoms with Crippen molar-refractivity contribution in [2.75, 3.05) is 5.32 Å². The normalized spacial score (nSPS) is 16.9. The zero-order valence-corrected chi connectivity index (χ0v) is 13.2. The summed E-state index contributed by atoms with van der Waals surface area (Å²) in [6, 6.07) is 16.5. The average molecular weight is 317 g/mol. The molecular weight excluding hydrogens is 300 g/mol. The van der Waals surface area contributed by atoms with Crippen LogP contribution in [0.25, 0.3) is 0 Å². The molecule has 0 aromatic heterocycles. The molecule has 108 valence electrons. The number of fused-ring (bicyclic) bond motifs is 1. The zero-order valence-electron chi connectivity index (χ0n) is 11.6. The van der Waals surface area contributed by atoms with Crippen LogP contribution in [0.3, 0.4) is 0 Å².